The van der Waals surface area contributed by atoms with Crippen molar-refractivity contribution in [3.8, 4) is 0 Å². The van der Waals surface area contributed by atoms with E-state index in [0.717, 1.165) is 16.5 Å². The number of nitrogens with zero attached hydrogens (tertiary/aromatic N) is 1. The first-order chi connectivity index (χ1) is 10.0. The first kappa shape index (κ1) is 15.3. The molecule has 2 rings (SSSR count). The molecule has 0 saturated carbocycles. The molecule has 2 aromatic rings. The van der Waals surface area contributed by atoms with Crippen LogP contribution in [0.2, 0.25) is 0 Å². The number of nitrogens with one attached hydrogen (secondary N) is 1. The average molecular weight is 305 g/mol. The Balaban J connectivity index is 2.20. The van der Waals surface area contributed by atoms with Gasteiger partial charge in [0.05, 0.1) is 17.9 Å². The molecule has 0 amide bonds. The number of aromatic nitrogens is 1. The molecule has 0 spiro atoms. The maximum absolute atomic E-state index is 11.8. The van der Waals surface area contributed by atoms with E-state index < -0.39 is 5.97 Å². The van der Waals surface area contributed by atoms with Gasteiger partial charge in [-0.25, -0.2) is 9.78 Å². The summed E-state index contributed by atoms with van der Waals surface area (Å²) in [5, 5.41) is 6.00. The molecule has 21 heavy (non-hydrogen) atoms. The molecule has 1 aromatic carbocycles. The van der Waals surface area contributed by atoms with Crippen LogP contribution in [0, 0.1) is 0 Å². The zero-order chi connectivity index (χ0) is 15.4. The van der Waals surface area contributed by atoms with Gasteiger partial charge in [-0.15, -0.1) is 11.3 Å². The van der Waals surface area contributed by atoms with Gasteiger partial charge in [-0.05, 0) is 31.0 Å². The highest BCUT2D eigenvalue weighted by molar-refractivity contribution is 7.13. The summed E-state index contributed by atoms with van der Waals surface area (Å²) >= 11 is 1.53. The monoisotopic (exact) mass is 305 g/mol. The number of hydrogen-bond acceptors (Lipinski definition) is 6. The van der Waals surface area contributed by atoms with Crippen molar-refractivity contribution in [3.05, 3.63) is 34.8 Å². The highest BCUT2D eigenvalue weighted by atomic mass is 32.1. The van der Waals surface area contributed by atoms with Crippen molar-refractivity contribution in [1.82, 2.24) is 4.98 Å². The van der Waals surface area contributed by atoms with Crippen LogP contribution in [-0.4, -0.2) is 17.6 Å². The molecule has 0 aliphatic heterocycles. The number of nitrogens with two attached hydrogens (primary N) is 1. The number of benzene rings is 1. The highest BCUT2D eigenvalue weighted by Crippen LogP contribution is 2.26. The predicted octanol–water partition coefficient (Wildman–Crippen LogP) is 3.77. The fraction of sp³-hybridized carbons (Fsp3) is 0.333. The molecule has 1 aromatic heterocycles. The molecule has 0 aliphatic rings. The lowest BCUT2D eigenvalue weighted by atomic mass is 10.1. The molecular weight excluding hydrogens is 286 g/mol. The molecule has 0 bridgehead atoms. The van der Waals surface area contributed by atoms with Crippen molar-refractivity contribution in [2.45, 2.75) is 26.7 Å². The second-order valence-corrected chi connectivity index (χ2v) is 5.74. The average Bonchev–Trinajstić information content (AvgIpc) is 2.90. The minimum Gasteiger partial charge on any atom is -0.462 e. The lowest BCUT2D eigenvalue weighted by molar-refractivity contribution is 0.0527. The van der Waals surface area contributed by atoms with E-state index in [4.69, 9.17) is 10.5 Å². The molecule has 0 aliphatic carbocycles. The first-order valence-electron chi connectivity index (χ1n) is 6.80. The van der Waals surface area contributed by atoms with Crippen LogP contribution in [0.1, 0.15) is 42.7 Å². The minimum absolute atomic E-state index is 0.320. The number of nitrogen functional groups attached to an aromatic ring is 1. The number of hydrogen-bond donors (Lipinski definition) is 2. The Morgan fingerprint density at radius 2 is 2.24 bits per heavy atom. The third-order valence-corrected chi connectivity index (χ3v) is 3.69. The van der Waals surface area contributed by atoms with Gasteiger partial charge in [0, 0.05) is 16.8 Å². The van der Waals surface area contributed by atoms with E-state index in [1.165, 1.54) is 11.3 Å². The fourth-order valence-electron chi connectivity index (χ4n) is 1.75. The Morgan fingerprint density at radius 1 is 1.48 bits per heavy atom. The summed E-state index contributed by atoms with van der Waals surface area (Å²) in [7, 11) is 0. The van der Waals surface area contributed by atoms with E-state index in [-0.39, 0.29) is 0 Å². The Bertz CT molecular complexity index is 638. The number of carbonyl (C=O) groups excluding carboxylic acids is 1. The van der Waals surface area contributed by atoms with Gasteiger partial charge < -0.3 is 15.8 Å². The molecule has 112 valence electrons. The number of rotatable bonds is 5. The summed E-state index contributed by atoms with van der Waals surface area (Å²) in [5.41, 5.74) is 8.39. The van der Waals surface area contributed by atoms with Crippen molar-refractivity contribution < 1.29 is 9.53 Å². The molecule has 0 atom stereocenters. The van der Waals surface area contributed by atoms with Gasteiger partial charge >= 0.3 is 5.97 Å². The number of ether oxygens (including phenoxy) is 1. The molecule has 1 heterocycles. The summed E-state index contributed by atoms with van der Waals surface area (Å²) in [6.45, 7) is 6.28. The molecule has 5 nitrogen and oxygen atoms in total. The van der Waals surface area contributed by atoms with E-state index in [9.17, 15) is 4.79 Å². The standard InChI is InChI=1S/C15H19N3O2S/c1-4-20-14(19)11-7-10(5-6-12(11)16)17-15-18-13(8-21-15)9(2)3/h5-9H,4,16H2,1-3H3,(H,17,18). The van der Waals surface area contributed by atoms with E-state index in [0.29, 0.717) is 23.8 Å². The van der Waals surface area contributed by atoms with Crippen molar-refractivity contribution in [1.29, 1.82) is 0 Å². The second kappa shape index (κ2) is 6.58. The zero-order valence-electron chi connectivity index (χ0n) is 12.3. The van der Waals surface area contributed by atoms with E-state index in [1.54, 1.807) is 19.1 Å². The second-order valence-electron chi connectivity index (χ2n) is 4.88. The van der Waals surface area contributed by atoms with Crippen LogP contribution >= 0.6 is 11.3 Å². The van der Waals surface area contributed by atoms with Gasteiger partial charge in [0.25, 0.3) is 0 Å². The van der Waals surface area contributed by atoms with Crippen LogP contribution in [0.4, 0.5) is 16.5 Å². The Hall–Kier alpha value is -2.08. The largest absolute Gasteiger partial charge is 0.462 e. The first-order valence-corrected chi connectivity index (χ1v) is 7.68. The van der Waals surface area contributed by atoms with Gasteiger partial charge in [-0.1, -0.05) is 13.8 Å². The lowest BCUT2D eigenvalue weighted by Crippen LogP contribution is -2.08. The molecule has 3 N–H and O–H groups in total. The van der Waals surface area contributed by atoms with Gasteiger partial charge in [-0.2, -0.15) is 0 Å². The lowest BCUT2D eigenvalue weighted by Gasteiger charge is -2.08. The maximum atomic E-state index is 11.8. The van der Waals surface area contributed by atoms with E-state index in [1.807, 2.05) is 11.4 Å². The van der Waals surface area contributed by atoms with Crippen LogP contribution in [-0.2, 0) is 4.74 Å². The van der Waals surface area contributed by atoms with Gasteiger partial charge in [0.2, 0.25) is 0 Å². The van der Waals surface area contributed by atoms with E-state index in [2.05, 4.69) is 24.1 Å². The van der Waals surface area contributed by atoms with Gasteiger partial charge in [0.15, 0.2) is 5.13 Å². The summed E-state index contributed by atoms with van der Waals surface area (Å²) < 4.78 is 4.99. The maximum Gasteiger partial charge on any atom is 0.340 e. The van der Waals surface area contributed by atoms with Crippen molar-refractivity contribution in [2.75, 3.05) is 17.7 Å². The highest BCUT2D eigenvalue weighted by Gasteiger charge is 2.12. The molecule has 0 fully saturated rings. The fourth-order valence-corrected chi connectivity index (χ4v) is 2.64. The number of esters is 1. The van der Waals surface area contributed by atoms with Crippen LogP contribution in [0.15, 0.2) is 23.6 Å². The molecule has 0 radical (unpaired) electrons. The zero-order valence-corrected chi connectivity index (χ0v) is 13.2. The SMILES string of the molecule is CCOC(=O)c1cc(Nc2nc(C(C)C)cs2)ccc1N. The quantitative estimate of drug-likeness (QED) is 0.649. The van der Waals surface area contributed by atoms with Gasteiger partial charge in [-0.3, -0.25) is 0 Å². The van der Waals surface area contributed by atoms with Gasteiger partial charge in [0.1, 0.15) is 0 Å². The summed E-state index contributed by atoms with van der Waals surface area (Å²) in [6.07, 6.45) is 0. The third kappa shape index (κ3) is 3.72. The predicted molar refractivity (Wildman–Crippen MR) is 86.3 cm³/mol. The van der Waals surface area contributed by atoms with E-state index >= 15 is 0 Å². The van der Waals surface area contributed by atoms with Crippen LogP contribution in [0.5, 0.6) is 0 Å². The normalized spacial score (nSPS) is 10.7. The summed E-state index contributed by atoms with van der Waals surface area (Å²) in [4.78, 5) is 16.3. The van der Waals surface area contributed by atoms with Crippen molar-refractivity contribution in [2.24, 2.45) is 0 Å². The van der Waals surface area contributed by atoms with Crippen molar-refractivity contribution >= 4 is 33.8 Å². The van der Waals surface area contributed by atoms with Crippen LogP contribution < -0.4 is 11.1 Å². The molecule has 0 saturated heterocycles. The smallest absolute Gasteiger partial charge is 0.340 e. The number of anilines is 3. The molecular formula is C15H19N3O2S. The number of thiazole rings is 1. The van der Waals surface area contributed by atoms with Crippen LogP contribution in [0.3, 0.4) is 0 Å². The minimum atomic E-state index is -0.416. The Kier molecular flexibility index (Phi) is 4.80. The number of carbonyl (C=O) groups is 1. The molecule has 6 heteroatoms. The summed E-state index contributed by atoms with van der Waals surface area (Å²) in [5.74, 6) is -0.0287. The summed E-state index contributed by atoms with van der Waals surface area (Å²) in [6, 6.07) is 5.18. The topological polar surface area (TPSA) is 77.2 Å². The molecule has 0 unspecified atom stereocenters. The Labute approximate surface area is 128 Å². The Morgan fingerprint density at radius 3 is 2.86 bits per heavy atom. The third-order valence-electron chi connectivity index (χ3n) is 2.91. The van der Waals surface area contributed by atoms with Crippen molar-refractivity contribution in [3.63, 3.8) is 0 Å². The van der Waals surface area contributed by atoms with Crippen LogP contribution in [0.25, 0.3) is 0 Å².